The van der Waals surface area contributed by atoms with Crippen LogP contribution in [0, 0.1) is 5.92 Å². The summed E-state index contributed by atoms with van der Waals surface area (Å²) in [4.78, 5) is 0. The maximum Gasteiger partial charge on any atom is 0.179 e. The highest BCUT2D eigenvalue weighted by molar-refractivity contribution is 6.33. The lowest BCUT2D eigenvalue weighted by Crippen LogP contribution is -2.18. The van der Waals surface area contributed by atoms with Gasteiger partial charge in [-0.15, -0.1) is 0 Å². The lowest BCUT2D eigenvalue weighted by molar-refractivity contribution is 0.354. The van der Waals surface area contributed by atoms with Crippen LogP contribution in [-0.2, 0) is 0 Å². The van der Waals surface area contributed by atoms with Crippen molar-refractivity contribution in [3.63, 3.8) is 0 Å². The molecule has 1 saturated carbocycles. The summed E-state index contributed by atoms with van der Waals surface area (Å²) in [7, 11) is 3.21. The second-order valence-electron chi connectivity index (χ2n) is 4.57. The molecule has 0 bridgehead atoms. The van der Waals surface area contributed by atoms with Crippen LogP contribution in [-0.4, -0.2) is 20.3 Å². The number of hydrogen-bond acceptors (Lipinski definition) is 3. The van der Waals surface area contributed by atoms with Crippen LogP contribution < -0.4 is 15.2 Å². The largest absolute Gasteiger partial charge is 0.493 e. The molecule has 0 saturated heterocycles. The Morgan fingerprint density at radius 1 is 1.35 bits per heavy atom. The molecular formula is C13H18ClNO2. The van der Waals surface area contributed by atoms with Gasteiger partial charge in [0.15, 0.2) is 11.5 Å². The van der Waals surface area contributed by atoms with Crippen LogP contribution in [0.15, 0.2) is 12.1 Å². The van der Waals surface area contributed by atoms with Crippen LogP contribution in [0.25, 0.3) is 0 Å². The van der Waals surface area contributed by atoms with E-state index >= 15 is 0 Å². The molecular weight excluding hydrogens is 238 g/mol. The van der Waals surface area contributed by atoms with E-state index in [9.17, 15) is 0 Å². The maximum absolute atomic E-state index is 6.35. The van der Waals surface area contributed by atoms with E-state index < -0.39 is 0 Å². The van der Waals surface area contributed by atoms with E-state index in [1.165, 1.54) is 0 Å². The molecule has 0 radical (unpaired) electrons. The molecule has 3 unspecified atom stereocenters. The molecule has 3 nitrogen and oxygen atoms in total. The van der Waals surface area contributed by atoms with Crippen molar-refractivity contribution in [2.75, 3.05) is 14.2 Å². The van der Waals surface area contributed by atoms with Gasteiger partial charge in [0.05, 0.1) is 19.2 Å². The molecule has 94 valence electrons. The van der Waals surface area contributed by atoms with Gasteiger partial charge in [0, 0.05) is 6.04 Å². The number of methoxy groups -OCH3 is 2. The van der Waals surface area contributed by atoms with E-state index in [-0.39, 0.29) is 6.04 Å². The van der Waals surface area contributed by atoms with Gasteiger partial charge < -0.3 is 15.2 Å². The number of benzene rings is 1. The van der Waals surface area contributed by atoms with Crippen LogP contribution in [0.1, 0.15) is 24.8 Å². The van der Waals surface area contributed by atoms with E-state index in [1.807, 2.05) is 19.1 Å². The Morgan fingerprint density at radius 3 is 2.53 bits per heavy atom. The molecule has 4 heteroatoms. The van der Waals surface area contributed by atoms with Gasteiger partial charge in [0.1, 0.15) is 0 Å². The minimum absolute atomic E-state index is 0.212. The molecule has 0 spiro atoms. The fourth-order valence-electron chi connectivity index (χ4n) is 2.34. The van der Waals surface area contributed by atoms with Gasteiger partial charge >= 0.3 is 0 Å². The SMILES string of the molecule is COc1ccc(C2CC2C(C)N)c(Cl)c1OC. The van der Waals surface area contributed by atoms with Crippen molar-refractivity contribution >= 4 is 11.6 Å². The fourth-order valence-corrected chi connectivity index (χ4v) is 2.72. The minimum Gasteiger partial charge on any atom is -0.493 e. The molecule has 2 rings (SSSR count). The Labute approximate surface area is 107 Å². The van der Waals surface area contributed by atoms with Gasteiger partial charge in [0.2, 0.25) is 0 Å². The Balaban J connectivity index is 2.31. The number of ether oxygens (including phenoxy) is 2. The molecule has 1 aromatic carbocycles. The predicted octanol–water partition coefficient (Wildman–Crippen LogP) is 2.81. The molecule has 0 aromatic heterocycles. The topological polar surface area (TPSA) is 44.5 Å². The summed E-state index contributed by atoms with van der Waals surface area (Å²) in [5, 5.41) is 0.653. The summed E-state index contributed by atoms with van der Waals surface area (Å²) < 4.78 is 10.5. The first-order chi connectivity index (χ1) is 8.10. The van der Waals surface area contributed by atoms with Gasteiger partial charge in [-0.3, -0.25) is 0 Å². The summed E-state index contributed by atoms with van der Waals surface area (Å²) in [6.45, 7) is 2.04. The Hall–Kier alpha value is -0.930. The van der Waals surface area contributed by atoms with Crippen LogP contribution in [0.5, 0.6) is 11.5 Å². The zero-order valence-electron chi connectivity index (χ0n) is 10.4. The average molecular weight is 256 g/mol. The molecule has 0 aliphatic heterocycles. The summed E-state index contributed by atoms with van der Waals surface area (Å²) in [6.07, 6.45) is 1.10. The van der Waals surface area contributed by atoms with Crippen LogP contribution in [0.3, 0.4) is 0 Å². The van der Waals surface area contributed by atoms with Crippen molar-refractivity contribution in [3.8, 4) is 11.5 Å². The van der Waals surface area contributed by atoms with Gasteiger partial charge in [-0.05, 0) is 36.8 Å². The third-order valence-electron chi connectivity index (χ3n) is 3.43. The number of nitrogens with two attached hydrogens (primary N) is 1. The van der Waals surface area contributed by atoms with Crippen LogP contribution in [0.4, 0.5) is 0 Å². The van der Waals surface area contributed by atoms with Gasteiger partial charge in [-0.1, -0.05) is 17.7 Å². The first-order valence-corrected chi connectivity index (χ1v) is 6.13. The van der Waals surface area contributed by atoms with Gasteiger partial charge in [-0.2, -0.15) is 0 Å². The molecule has 0 amide bonds. The van der Waals surface area contributed by atoms with Crippen molar-refractivity contribution in [1.29, 1.82) is 0 Å². The second-order valence-corrected chi connectivity index (χ2v) is 4.95. The summed E-state index contributed by atoms with van der Waals surface area (Å²) in [5.41, 5.74) is 7.02. The van der Waals surface area contributed by atoms with Crippen LogP contribution >= 0.6 is 11.6 Å². The minimum atomic E-state index is 0.212. The zero-order chi connectivity index (χ0) is 12.6. The highest BCUT2D eigenvalue weighted by Gasteiger charge is 2.42. The van der Waals surface area contributed by atoms with E-state index in [0.29, 0.717) is 28.4 Å². The molecule has 17 heavy (non-hydrogen) atoms. The van der Waals surface area contributed by atoms with E-state index in [4.69, 9.17) is 26.8 Å². The molecule has 1 fully saturated rings. The quantitative estimate of drug-likeness (QED) is 0.900. The highest BCUT2D eigenvalue weighted by atomic mass is 35.5. The lowest BCUT2D eigenvalue weighted by atomic mass is 10.1. The molecule has 3 atom stereocenters. The van der Waals surface area contributed by atoms with E-state index in [2.05, 4.69) is 0 Å². The smallest absolute Gasteiger partial charge is 0.179 e. The average Bonchev–Trinajstić information content (AvgIpc) is 3.08. The van der Waals surface area contributed by atoms with E-state index in [1.54, 1.807) is 14.2 Å². The van der Waals surface area contributed by atoms with Crippen molar-refractivity contribution in [2.24, 2.45) is 11.7 Å². The summed E-state index contributed by atoms with van der Waals surface area (Å²) in [6, 6.07) is 4.12. The van der Waals surface area contributed by atoms with Crippen molar-refractivity contribution in [2.45, 2.75) is 25.3 Å². The summed E-state index contributed by atoms with van der Waals surface area (Å²) >= 11 is 6.35. The van der Waals surface area contributed by atoms with Gasteiger partial charge in [0.25, 0.3) is 0 Å². The predicted molar refractivity (Wildman–Crippen MR) is 69.1 cm³/mol. The number of halogens is 1. The van der Waals surface area contributed by atoms with Crippen molar-refractivity contribution in [3.05, 3.63) is 22.7 Å². The molecule has 1 aliphatic carbocycles. The molecule has 1 aliphatic rings. The fraction of sp³-hybridized carbons (Fsp3) is 0.538. The molecule has 2 N–H and O–H groups in total. The normalized spacial score (nSPS) is 24.3. The van der Waals surface area contributed by atoms with Gasteiger partial charge in [-0.25, -0.2) is 0 Å². The Morgan fingerprint density at radius 2 is 2.06 bits per heavy atom. The highest BCUT2D eigenvalue weighted by Crippen LogP contribution is 2.53. The molecule has 0 heterocycles. The first kappa shape index (κ1) is 12.5. The standard InChI is InChI=1S/C13H18ClNO2/c1-7(15)9-6-10(9)8-4-5-11(16-2)13(17-3)12(8)14/h4-5,7,9-10H,6,15H2,1-3H3. The third-order valence-corrected chi connectivity index (χ3v) is 3.82. The second kappa shape index (κ2) is 4.75. The van der Waals surface area contributed by atoms with Crippen molar-refractivity contribution < 1.29 is 9.47 Å². The maximum atomic E-state index is 6.35. The number of rotatable bonds is 4. The third kappa shape index (κ3) is 2.22. The first-order valence-electron chi connectivity index (χ1n) is 5.76. The number of hydrogen-bond donors (Lipinski definition) is 1. The Bertz CT molecular complexity index is 420. The molecule has 1 aromatic rings. The lowest BCUT2D eigenvalue weighted by Gasteiger charge is -2.13. The van der Waals surface area contributed by atoms with Crippen molar-refractivity contribution in [1.82, 2.24) is 0 Å². The Kier molecular flexibility index (Phi) is 3.50. The monoisotopic (exact) mass is 255 g/mol. The summed E-state index contributed by atoms with van der Waals surface area (Å²) in [5.74, 6) is 2.27. The van der Waals surface area contributed by atoms with Crippen LogP contribution in [0.2, 0.25) is 5.02 Å². The van der Waals surface area contributed by atoms with E-state index in [0.717, 1.165) is 12.0 Å². The zero-order valence-corrected chi connectivity index (χ0v) is 11.1.